The molecule has 34 heavy (non-hydrogen) atoms. The highest BCUT2D eigenvalue weighted by Crippen LogP contribution is 2.37. The van der Waals surface area contributed by atoms with E-state index in [0.717, 1.165) is 23.1 Å². The number of alkyl halides is 2. The SMILES string of the molecule is CN(C)S(=O)(=O)N[C@@H]1[C@H](Cc2cccc(-c3ccccc3)c2F)N(C(=O)C(C)(C)O)CC1(F)F. The summed E-state index contributed by atoms with van der Waals surface area (Å²) in [5.41, 5.74) is -1.14. The lowest BCUT2D eigenvalue weighted by Crippen LogP contribution is -2.56. The molecule has 2 aromatic rings. The lowest BCUT2D eigenvalue weighted by molar-refractivity contribution is -0.149. The molecule has 11 heteroatoms. The third-order valence-electron chi connectivity index (χ3n) is 5.75. The van der Waals surface area contributed by atoms with Crippen LogP contribution in [0, 0.1) is 5.82 Å². The summed E-state index contributed by atoms with van der Waals surface area (Å²) >= 11 is 0. The fourth-order valence-corrected chi connectivity index (χ4v) is 4.80. The highest BCUT2D eigenvalue weighted by molar-refractivity contribution is 7.87. The fraction of sp³-hybridized carbons (Fsp3) is 0.435. The van der Waals surface area contributed by atoms with Crippen LogP contribution in [0.25, 0.3) is 11.1 Å². The minimum absolute atomic E-state index is 0.0339. The molecule has 0 unspecified atom stereocenters. The summed E-state index contributed by atoms with van der Waals surface area (Å²) in [5, 5.41) is 10.2. The Labute approximate surface area is 197 Å². The van der Waals surface area contributed by atoms with Crippen LogP contribution in [-0.2, 0) is 21.4 Å². The Morgan fingerprint density at radius 1 is 1.18 bits per heavy atom. The van der Waals surface area contributed by atoms with E-state index in [1.54, 1.807) is 42.5 Å². The molecule has 0 saturated carbocycles. The third kappa shape index (κ3) is 5.27. The van der Waals surface area contributed by atoms with Gasteiger partial charge in [-0.25, -0.2) is 13.2 Å². The van der Waals surface area contributed by atoms with Crippen LogP contribution in [0.4, 0.5) is 13.2 Å². The lowest BCUT2D eigenvalue weighted by Gasteiger charge is -2.32. The largest absolute Gasteiger partial charge is 0.381 e. The van der Waals surface area contributed by atoms with Crippen molar-refractivity contribution in [1.29, 1.82) is 0 Å². The van der Waals surface area contributed by atoms with Gasteiger partial charge in [-0.1, -0.05) is 48.5 Å². The van der Waals surface area contributed by atoms with Gasteiger partial charge in [-0.2, -0.15) is 17.4 Å². The normalized spacial score (nSPS) is 20.7. The first-order chi connectivity index (χ1) is 15.6. The molecule has 1 saturated heterocycles. The second-order valence-corrected chi connectivity index (χ2v) is 11.0. The van der Waals surface area contributed by atoms with E-state index in [1.807, 2.05) is 4.72 Å². The Morgan fingerprint density at radius 2 is 1.79 bits per heavy atom. The standard InChI is InChI=1S/C23H28F3N3O4S/c1-22(2,31)21(30)29-14-23(25,26)20(27-34(32,33)28(3)4)18(29)13-16-11-8-12-17(19(16)24)15-9-6-5-7-10-15/h5-12,18,20,27,31H,13-14H2,1-4H3/t18-,20+/m0/s1. The molecule has 1 aliphatic rings. The Balaban J connectivity index is 2.07. The molecule has 2 aromatic carbocycles. The zero-order valence-electron chi connectivity index (χ0n) is 19.3. The van der Waals surface area contributed by atoms with Crippen molar-refractivity contribution in [3.8, 4) is 11.1 Å². The average molecular weight is 500 g/mol. The highest BCUT2D eigenvalue weighted by Gasteiger charge is 2.58. The number of nitrogens with zero attached hydrogens (tertiary/aromatic N) is 2. The molecular formula is C23H28F3N3O4S. The van der Waals surface area contributed by atoms with Crippen LogP contribution >= 0.6 is 0 Å². The van der Waals surface area contributed by atoms with E-state index in [0.29, 0.717) is 5.56 Å². The van der Waals surface area contributed by atoms with Gasteiger partial charge in [0, 0.05) is 19.7 Å². The number of aliphatic hydroxyl groups is 1. The number of carbonyl (C=O) groups excluding carboxylic acids is 1. The van der Waals surface area contributed by atoms with Crippen molar-refractivity contribution in [2.45, 2.75) is 43.9 Å². The molecule has 1 heterocycles. The first-order valence-electron chi connectivity index (χ1n) is 10.6. The van der Waals surface area contributed by atoms with Gasteiger partial charge in [0.05, 0.1) is 12.6 Å². The number of rotatable bonds is 7. The van der Waals surface area contributed by atoms with Crippen molar-refractivity contribution in [1.82, 2.24) is 13.9 Å². The topological polar surface area (TPSA) is 90.0 Å². The molecule has 2 N–H and O–H groups in total. The first-order valence-corrected chi connectivity index (χ1v) is 12.0. The highest BCUT2D eigenvalue weighted by atomic mass is 32.2. The molecule has 0 radical (unpaired) electrons. The predicted molar refractivity (Wildman–Crippen MR) is 122 cm³/mol. The number of hydrogen-bond donors (Lipinski definition) is 2. The number of likely N-dealkylation sites (tertiary alicyclic amines) is 1. The van der Waals surface area contributed by atoms with Gasteiger partial charge < -0.3 is 10.0 Å². The van der Waals surface area contributed by atoms with E-state index in [1.165, 1.54) is 20.2 Å². The maximum Gasteiger partial charge on any atom is 0.283 e. The van der Waals surface area contributed by atoms with Crippen LogP contribution in [0.5, 0.6) is 0 Å². The lowest BCUT2D eigenvalue weighted by atomic mass is 9.95. The second-order valence-electron chi connectivity index (χ2n) is 9.05. The number of hydrogen-bond acceptors (Lipinski definition) is 4. The fourth-order valence-electron chi connectivity index (χ4n) is 3.94. The Kier molecular flexibility index (Phi) is 7.14. The Bertz CT molecular complexity index is 1150. The van der Waals surface area contributed by atoms with E-state index < -0.39 is 58.5 Å². The van der Waals surface area contributed by atoms with Crippen LogP contribution in [0.2, 0.25) is 0 Å². The number of carbonyl (C=O) groups is 1. The molecule has 3 rings (SSSR count). The molecule has 0 aromatic heterocycles. The monoisotopic (exact) mass is 499 g/mol. The van der Waals surface area contributed by atoms with Crippen LogP contribution in [-0.4, -0.2) is 72.9 Å². The number of benzene rings is 2. The molecule has 0 bridgehead atoms. The summed E-state index contributed by atoms with van der Waals surface area (Å²) in [7, 11) is -1.97. The zero-order chi connectivity index (χ0) is 25.5. The summed E-state index contributed by atoms with van der Waals surface area (Å²) in [6.07, 6.45) is -0.398. The first kappa shape index (κ1) is 26.1. The zero-order valence-corrected chi connectivity index (χ0v) is 20.1. The molecular weight excluding hydrogens is 471 g/mol. The van der Waals surface area contributed by atoms with Crippen LogP contribution in [0.3, 0.4) is 0 Å². The smallest absolute Gasteiger partial charge is 0.283 e. The minimum atomic E-state index is -4.31. The summed E-state index contributed by atoms with van der Waals surface area (Å²) < 4.78 is 73.2. The summed E-state index contributed by atoms with van der Waals surface area (Å²) in [5.74, 6) is -5.33. The van der Waals surface area contributed by atoms with E-state index in [-0.39, 0.29) is 11.1 Å². The second kappa shape index (κ2) is 9.29. The summed E-state index contributed by atoms with van der Waals surface area (Å²) in [6.45, 7) is 1.18. The summed E-state index contributed by atoms with van der Waals surface area (Å²) in [6, 6.07) is 9.65. The van der Waals surface area contributed by atoms with E-state index in [2.05, 4.69) is 0 Å². The molecule has 1 amide bonds. The van der Waals surface area contributed by atoms with Crippen LogP contribution in [0.1, 0.15) is 19.4 Å². The van der Waals surface area contributed by atoms with Crippen molar-refractivity contribution >= 4 is 16.1 Å². The maximum atomic E-state index is 15.5. The molecule has 2 atom stereocenters. The number of nitrogens with one attached hydrogen (secondary N) is 1. The van der Waals surface area contributed by atoms with Gasteiger partial charge in [0.2, 0.25) is 0 Å². The Morgan fingerprint density at radius 3 is 2.35 bits per heavy atom. The van der Waals surface area contributed by atoms with Gasteiger partial charge >= 0.3 is 0 Å². The minimum Gasteiger partial charge on any atom is -0.381 e. The van der Waals surface area contributed by atoms with Gasteiger partial charge in [-0.15, -0.1) is 0 Å². The van der Waals surface area contributed by atoms with Gasteiger partial charge in [-0.3, -0.25) is 4.79 Å². The summed E-state index contributed by atoms with van der Waals surface area (Å²) in [4.78, 5) is 13.6. The Hall–Kier alpha value is -2.47. The molecule has 1 aliphatic heterocycles. The quantitative estimate of drug-likeness (QED) is 0.613. The van der Waals surface area contributed by atoms with Gasteiger partial charge in [0.15, 0.2) is 0 Å². The van der Waals surface area contributed by atoms with E-state index in [4.69, 9.17) is 0 Å². The molecule has 0 spiro atoms. The molecule has 1 fully saturated rings. The molecule has 7 nitrogen and oxygen atoms in total. The third-order valence-corrected chi connectivity index (χ3v) is 7.27. The number of amides is 1. The molecule has 0 aliphatic carbocycles. The van der Waals surface area contributed by atoms with Crippen molar-refractivity contribution < 1.29 is 31.5 Å². The maximum absolute atomic E-state index is 15.5. The van der Waals surface area contributed by atoms with Gasteiger partial charge in [0.1, 0.15) is 17.5 Å². The van der Waals surface area contributed by atoms with E-state index >= 15 is 13.2 Å². The van der Waals surface area contributed by atoms with Crippen molar-refractivity contribution in [2.75, 3.05) is 20.6 Å². The van der Waals surface area contributed by atoms with Crippen LogP contribution in [0.15, 0.2) is 48.5 Å². The van der Waals surface area contributed by atoms with Crippen molar-refractivity contribution in [2.24, 2.45) is 0 Å². The van der Waals surface area contributed by atoms with Gasteiger partial charge in [0.25, 0.3) is 22.0 Å². The van der Waals surface area contributed by atoms with Crippen molar-refractivity contribution in [3.05, 3.63) is 59.9 Å². The van der Waals surface area contributed by atoms with Crippen molar-refractivity contribution in [3.63, 3.8) is 0 Å². The van der Waals surface area contributed by atoms with Crippen LogP contribution < -0.4 is 4.72 Å². The number of halogens is 3. The average Bonchev–Trinajstić information content (AvgIpc) is 2.98. The van der Waals surface area contributed by atoms with E-state index in [9.17, 15) is 18.3 Å². The predicted octanol–water partition coefficient (Wildman–Crippen LogP) is 2.42. The van der Waals surface area contributed by atoms with Gasteiger partial charge in [-0.05, 0) is 31.4 Å². The molecule has 186 valence electrons.